The van der Waals surface area contributed by atoms with E-state index in [1.165, 1.54) is 6.20 Å². The molecule has 0 spiro atoms. The summed E-state index contributed by atoms with van der Waals surface area (Å²) in [5.41, 5.74) is 8.77. The molecule has 0 aromatic carbocycles. The molecule has 0 atom stereocenters. The highest BCUT2D eigenvalue weighted by atomic mass is 16.3. The van der Waals surface area contributed by atoms with Crippen LogP contribution >= 0.6 is 0 Å². The number of rotatable bonds is 4. The van der Waals surface area contributed by atoms with E-state index in [0.29, 0.717) is 13.0 Å². The molecule has 0 fully saturated rings. The first-order valence-electron chi connectivity index (χ1n) is 4.15. The zero-order chi connectivity index (χ0) is 10.2. The van der Waals surface area contributed by atoms with Crippen LogP contribution < -0.4 is 0 Å². The van der Waals surface area contributed by atoms with Crippen LogP contribution in [0.15, 0.2) is 29.5 Å². The topological polar surface area (TPSA) is 81.9 Å². The number of aromatic hydroxyl groups is 1. The van der Waals surface area contributed by atoms with Gasteiger partial charge in [-0.15, -0.1) is 0 Å². The van der Waals surface area contributed by atoms with Gasteiger partial charge in [0, 0.05) is 11.5 Å². The van der Waals surface area contributed by atoms with Crippen molar-refractivity contribution in [3.05, 3.63) is 40.5 Å². The molecule has 0 aliphatic heterocycles. The van der Waals surface area contributed by atoms with Gasteiger partial charge in [0.15, 0.2) is 0 Å². The molecule has 0 amide bonds. The van der Waals surface area contributed by atoms with Crippen LogP contribution in [-0.4, -0.2) is 16.6 Å². The van der Waals surface area contributed by atoms with Crippen LogP contribution in [0.5, 0.6) is 5.75 Å². The molecular weight excluding hydrogens is 180 g/mol. The number of aromatic nitrogens is 1. The van der Waals surface area contributed by atoms with E-state index >= 15 is 0 Å². The second kappa shape index (κ2) is 5.61. The Bertz CT molecular complexity index is 352. The van der Waals surface area contributed by atoms with E-state index < -0.39 is 0 Å². The third-order valence-corrected chi connectivity index (χ3v) is 1.52. The van der Waals surface area contributed by atoms with Crippen LogP contribution in [0, 0.1) is 0 Å². The van der Waals surface area contributed by atoms with Gasteiger partial charge in [0.25, 0.3) is 0 Å². The predicted octanol–water partition coefficient (Wildman–Crippen LogP) is 2.50. The van der Waals surface area contributed by atoms with Crippen molar-refractivity contribution < 1.29 is 5.11 Å². The standard InChI is InChI=1S/C9H10N4O/c10-13-12-6-2-1-3-8-4-5-9(14)7-11-8/h1,3-5,7,14H,2,6H2. The van der Waals surface area contributed by atoms with E-state index in [1.807, 2.05) is 12.2 Å². The summed E-state index contributed by atoms with van der Waals surface area (Å²) < 4.78 is 0. The van der Waals surface area contributed by atoms with E-state index in [4.69, 9.17) is 10.6 Å². The number of nitrogens with zero attached hydrogens (tertiary/aromatic N) is 4. The van der Waals surface area contributed by atoms with E-state index in [2.05, 4.69) is 15.0 Å². The smallest absolute Gasteiger partial charge is 0.133 e. The molecule has 72 valence electrons. The van der Waals surface area contributed by atoms with Crippen molar-refractivity contribution in [2.75, 3.05) is 6.54 Å². The Morgan fingerprint density at radius 3 is 3.07 bits per heavy atom. The van der Waals surface area contributed by atoms with Gasteiger partial charge in [0.1, 0.15) is 5.75 Å². The van der Waals surface area contributed by atoms with Crippen molar-refractivity contribution in [2.24, 2.45) is 5.11 Å². The van der Waals surface area contributed by atoms with Gasteiger partial charge in [0.05, 0.1) is 11.9 Å². The van der Waals surface area contributed by atoms with Crippen molar-refractivity contribution >= 4 is 6.08 Å². The van der Waals surface area contributed by atoms with Crippen molar-refractivity contribution in [2.45, 2.75) is 6.42 Å². The van der Waals surface area contributed by atoms with Gasteiger partial charge in [-0.2, -0.15) is 0 Å². The lowest BCUT2D eigenvalue weighted by Crippen LogP contribution is -1.78. The van der Waals surface area contributed by atoms with Gasteiger partial charge >= 0.3 is 0 Å². The third kappa shape index (κ3) is 3.60. The fourth-order valence-electron chi connectivity index (χ4n) is 0.877. The Morgan fingerprint density at radius 2 is 2.43 bits per heavy atom. The van der Waals surface area contributed by atoms with Crippen LogP contribution in [0.3, 0.4) is 0 Å². The van der Waals surface area contributed by atoms with Gasteiger partial charge < -0.3 is 5.11 Å². The summed E-state index contributed by atoms with van der Waals surface area (Å²) in [6.07, 6.45) is 5.75. The third-order valence-electron chi connectivity index (χ3n) is 1.52. The highest BCUT2D eigenvalue weighted by Crippen LogP contribution is 2.07. The molecule has 0 bridgehead atoms. The minimum atomic E-state index is 0.149. The zero-order valence-electron chi connectivity index (χ0n) is 7.54. The fourth-order valence-corrected chi connectivity index (χ4v) is 0.877. The van der Waals surface area contributed by atoms with Gasteiger partial charge in [-0.3, -0.25) is 4.98 Å². The second-order valence-corrected chi connectivity index (χ2v) is 2.59. The quantitative estimate of drug-likeness (QED) is 0.342. The molecule has 0 unspecified atom stereocenters. The molecule has 1 heterocycles. The number of azide groups is 1. The maximum absolute atomic E-state index is 8.96. The van der Waals surface area contributed by atoms with Crippen molar-refractivity contribution in [3.8, 4) is 5.75 Å². The average Bonchev–Trinajstić information content (AvgIpc) is 2.21. The second-order valence-electron chi connectivity index (χ2n) is 2.59. The molecule has 0 saturated heterocycles. The summed E-state index contributed by atoms with van der Waals surface area (Å²) in [7, 11) is 0. The maximum atomic E-state index is 8.96. The number of hydrogen-bond donors (Lipinski definition) is 1. The molecule has 1 rings (SSSR count). The summed E-state index contributed by atoms with van der Waals surface area (Å²) in [4.78, 5) is 6.59. The lowest BCUT2D eigenvalue weighted by molar-refractivity contribution is 0.472. The normalized spacial score (nSPS) is 10.0. The fraction of sp³-hybridized carbons (Fsp3) is 0.222. The molecule has 0 saturated carbocycles. The molecule has 0 aliphatic carbocycles. The molecule has 1 N–H and O–H groups in total. The number of hydrogen-bond acceptors (Lipinski definition) is 3. The van der Waals surface area contributed by atoms with E-state index in [-0.39, 0.29) is 5.75 Å². The Labute approximate surface area is 81.3 Å². The Morgan fingerprint density at radius 1 is 1.57 bits per heavy atom. The minimum Gasteiger partial charge on any atom is -0.506 e. The van der Waals surface area contributed by atoms with Gasteiger partial charge in [-0.25, -0.2) is 0 Å². The first-order valence-corrected chi connectivity index (χ1v) is 4.15. The van der Waals surface area contributed by atoms with Crippen molar-refractivity contribution in [3.63, 3.8) is 0 Å². The molecular formula is C9H10N4O. The van der Waals surface area contributed by atoms with Gasteiger partial charge in [0.2, 0.25) is 0 Å². The van der Waals surface area contributed by atoms with Crippen LogP contribution in [0.4, 0.5) is 0 Å². The molecule has 1 aromatic heterocycles. The summed E-state index contributed by atoms with van der Waals surface area (Å²) in [6.45, 7) is 0.449. The predicted molar refractivity (Wildman–Crippen MR) is 53.6 cm³/mol. The highest BCUT2D eigenvalue weighted by molar-refractivity contribution is 5.44. The summed E-state index contributed by atoms with van der Waals surface area (Å²) >= 11 is 0. The van der Waals surface area contributed by atoms with Crippen LogP contribution in [0.1, 0.15) is 12.1 Å². The molecule has 1 aromatic rings. The van der Waals surface area contributed by atoms with Crippen LogP contribution in [0.25, 0.3) is 16.5 Å². The zero-order valence-corrected chi connectivity index (χ0v) is 7.54. The number of pyridine rings is 1. The SMILES string of the molecule is [N-]=[N+]=NCCC=Cc1ccc(O)cn1. The minimum absolute atomic E-state index is 0.149. The molecule has 0 radical (unpaired) electrons. The molecule has 14 heavy (non-hydrogen) atoms. The molecule has 5 heteroatoms. The van der Waals surface area contributed by atoms with Crippen LogP contribution in [-0.2, 0) is 0 Å². The maximum Gasteiger partial charge on any atom is 0.133 e. The van der Waals surface area contributed by atoms with Crippen LogP contribution in [0.2, 0.25) is 0 Å². The largest absolute Gasteiger partial charge is 0.506 e. The van der Waals surface area contributed by atoms with E-state index in [9.17, 15) is 0 Å². The highest BCUT2D eigenvalue weighted by Gasteiger charge is 1.88. The van der Waals surface area contributed by atoms with Gasteiger partial charge in [-0.05, 0) is 30.2 Å². The summed E-state index contributed by atoms with van der Waals surface area (Å²) in [6, 6.07) is 3.28. The monoisotopic (exact) mass is 190 g/mol. The lowest BCUT2D eigenvalue weighted by atomic mass is 10.3. The van der Waals surface area contributed by atoms with E-state index in [1.54, 1.807) is 12.1 Å². The summed E-state index contributed by atoms with van der Waals surface area (Å²) in [5.74, 6) is 0.149. The Kier molecular flexibility index (Phi) is 4.04. The lowest BCUT2D eigenvalue weighted by Gasteiger charge is -1.92. The Balaban J connectivity index is 2.43. The summed E-state index contributed by atoms with van der Waals surface area (Å²) in [5, 5.41) is 12.3. The Hall–Kier alpha value is -2.00. The first-order chi connectivity index (χ1) is 6.83. The average molecular weight is 190 g/mol. The first kappa shape index (κ1) is 10.1. The van der Waals surface area contributed by atoms with Crippen molar-refractivity contribution in [1.29, 1.82) is 0 Å². The van der Waals surface area contributed by atoms with Gasteiger partial charge in [-0.1, -0.05) is 11.2 Å². The van der Waals surface area contributed by atoms with Crippen molar-refractivity contribution in [1.82, 2.24) is 4.98 Å². The molecule has 5 nitrogen and oxygen atoms in total. The van der Waals surface area contributed by atoms with E-state index in [0.717, 1.165) is 5.69 Å². The molecule has 0 aliphatic rings.